The summed E-state index contributed by atoms with van der Waals surface area (Å²) >= 11 is 4.61. The highest BCUT2D eigenvalue weighted by atomic mass is 79.9. The quantitative estimate of drug-likeness (QED) is 0.303. The maximum atomic E-state index is 13.9. The maximum Gasteiger partial charge on any atom is 0.399 e. The van der Waals surface area contributed by atoms with Crippen molar-refractivity contribution in [1.82, 2.24) is 0 Å². The number of benzene rings is 3. The van der Waals surface area contributed by atoms with Gasteiger partial charge < -0.3 is 14.5 Å². The summed E-state index contributed by atoms with van der Waals surface area (Å²) in [7, 11) is -5.60. The Morgan fingerprint density at radius 1 is 0.903 bits per heavy atom. The third-order valence-electron chi connectivity index (χ3n) is 4.43. The molecule has 3 aromatic rings. The maximum absolute atomic E-state index is 13.9. The minimum atomic E-state index is -5.60. The van der Waals surface area contributed by atoms with Gasteiger partial charge in [0.15, 0.2) is 0 Å². The van der Waals surface area contributed by atoms with Gasteiger partial charge in [0.1, 0.15) is 12.4 Å². The molecule has 164 valence electrons. The van der Waals surface area contributed by atoms with Gasteiger partial charge in [-0.1, -0.05) is 70.5 Å². The van der Waals surface area contributed by atoms with Crippen molar-refractivity contribution in [2.45, 2.75) is 23.8 Å². The second-order valence-electron chi connectivity index (χ2n) is 6.81. The molecule has 0 aliphatic heterocycles. The van der Waals surface area contributed by atoms with Gasteiger partial charge in [-0.15, -0.1) is 0 Å². The standard InChI is InChI=1S/C22H20BrF2O4PS/c23-21-12-18(8-11-20(21)22(24,25)30(26,27)28)15-31-14-17-6-9-19(10-7-17)29-13-16-4-2-1-3-5-16/h1-12H,13-15H2,(H2,26,27,28). The van der Waals surface area contributed by atoms with E-state index in [0.29, 0.717) is 12.4 Å². The molecule has 3 rings (SSSR count). The van der Waals surface area contributed by atoms with E-state index >= 15 is 0 Å². The van der Waals surface area contributed by atoms with Gasteiger partial charge in [0, 0.05) is 21.5 Å². The molecule has 0 fully saturated rings. The first-order valence-electron chi connectivity index (χ1n) is 9.22. The number of rotatable bonds is 9. The summed E-state index contributed by atoms with van der Waals surface area (Å²) < 4.78 is 44.6. The van der Waals surface area contributed by atoms with Crippen molar-refractivity contribution >= 4 is 35.3 Å². The van der Waals surface area contributed by atoms with Gasteiger partial charge in [-0.05, 0) is 34.9 Å². The van der Waals surface area contributed by atoms with Gasteiger partial charge >= 0.3 is 13.3 Å². The number of thioether (sulfide) groups is 1. The predicted octanol–water partition coefficient (Wildman–Crippen LogP) is 6.69. The highest BCUT2D eigenvalue weighted by molar-refractivity contribution is 9.10. The molecule has 0 heterocycles. The van der Waals surface area contributed by atoms with Crippen molar-refractivity contribution in [3.05, 3.63) is 99.5 Å². The highest BCUT2D eigenvalue weighted by Gasteiger charge is 2.51. The van der Waals surface area contributed by atoms with E-state index in [1.54, 1.807) is 11.8 Å². The Labute approximate surface area is 191 Å². The molecule has 3 aromatic carbocycles. The Morgan fingerprint density at radius 3 is 2.13 bits per heavy atom. The molecule has 0 radical (unpaired) electrons. The fourth-order valence-corrected chi connectivity index (χ4v) is 5.04. The lowest BCUT2D eigenvalue weighted by molar-refractivity contribution is 0.0557. The third kappa shape index (κ3) is 6.40. The molecule has 0 aliphatic rings. The zero-order chi connectivity index (χ0) is 22.5. The molecule has 0 spiro atoms. The Balaban J connectivity index is 1.52. The van der Waals surface area contributed by atoms with Gasteiger partial charge in [-0.2, -0.15) is 20.5 Å². The molecule has 0 saturated carbocycles. The number of hydrogen-bond donors (Lipinski definition) is 2. The number of ether oxygens (including phenoxy) is 1. The van der Waals surface area contributed by atoms with Crippen LogP contribution in [-0.2, 0) is 28.3 Å². The summed E-state index contributed by atoms with van der Waals surface area (Å²) in [6, 6.07) is 21.7. The fraction of sp³-hybridized carbons (Fsp3) is 0.182. The molecular weight excluding hydrogens is 509 g/mol. The Hall–Kier alpha value is -1.70. The van der Waals surface area contributed by atoms with Crippen LogP contribution in [0.15, 0.2) is 77.3 Å². The Morgan fingerprint density at radius 2 is 1.52 bits per heavy atom. The lowest BCUT2D eigenvalue weighted by atomic mass is 10.1. The molecule has 9 heteroatoms. The first-order valence-corrected chi connectivity index (χ1v) is 12.8. The molecular formula is C22H20BrF2O4PS. The highest BCUT2D eigenvalue weighted by Crippen LogP contribution is 2.60. The topological polar surface area (TPSA) is 66.8 Å². The van der Waals surface area contributed by atoms with Crippen molar-refractivity contribution < 1.29 is 27.9 Å². The summed E-state index contributed by atoms with van der Waals surface area (Å²) in [4.78, 5) is 17.8. The third-order valence-corrected chi connectivity index (χ3v) is 7.14. The van der Waals surface area contributed by atoms with Gasteiger partial charge in [-0.3, -0.25) is 4.57 Å². The molecule has 2 N–H and O–H groups in total. The van der Waals surface area contributed by atoms with Crippen LogP contribution in [0, 0.1) is 0 Å². The smallest absolute Gasteiger partial charge is 0.399 e. The summed E-state index contributed by atoms with van der Waals surface area (Å²) in [6.07, 6.45) is 0. The average molecular weight is 529 g/mol. The SMILES string of the molecule is O=P(O)(O)C(F)(F)c1ccc(CSCc2ccc(OCc3ccccc3)cc2)cc1Br. The molecule has 0 bridgehead atoms. The van der Waals surface area contributed by atoms with E-state index < -0.39 is 18.8 Å². The van der Waals surface area contributed by atoms with Crippen LogP contribution < -0.4 is 4.74 Å². The van der Waals surface area contributed by atoms with Crippen LogP contribution in [0.4, 0.5) is 8.78 Å². The van der Waals surface area contributed by atoms with E-state index in [2.05, 4.69) is 15.9 Å². The molecule has 0 unspecified atom stereocenters. The number of hydrogen-bond acceptors (Lipinski definition) is 3. The van der Waals surface area contributed by atoms with Crippen LogP contribution in [0.1, 0.15) is 22.3 Å². The van der Waals surface area contributed by atoms with E-state index in [4.69, 9.17) is 14.5 Å². The van der Waals surface area contributed by atoms with Crippen molar-refractivity contribution in [2.75, 3.05) is 0 Å². The predicted molar refractivity (Wildman–Crippen MR) is 122 cm³/mol. The first-order chi connectivity index (χ1) is 14.7. The Kier molecular flexibility index (Phi) is 7.94. The van der Waals surface area contributed by atoms with Crippen LogP contribution >= 0.6 is 35.3 Å². The summed E-state index contributed by atoms with van der Waals surface area (Å²) in [5.41, 5.74) is -1.99. The van der Waals surface area contributed by atoms with E-state index in [9.17, 15) is 13.3 Å². The fourth-order valence-electron chi connectivity index (χ4n) is 2.76. The minimum absolute atomic E-state index is 0.0288. The van der Waals surface area contributed by atoms with E-state index in [1.165, 1.54) is 12.1 Å². The van der Waals surface area contributed by atoms with Crippen LogP contribution in [0.5, 0.6) is 5.75 Å². The molecule has 31 heavy (non-hydrogen) atoms. The number of alkyl halides is 2. The van der Waals surface area contributed by atoms with Crippen molar-refractivity contribution in [3.8, 4) is 5.75 Å². The second kappa shape index (κ2) is 10.3. The summed E-state index contributed by atoms with van der Waals surface area (Å²) in [6.45, 7) is 0.501. The second-order valence-corrected chi connectivity index (χ2v) is 10.3. The monoisotopic (exact) mass is 528 g/mol. The van der Waals surface area contributed by atoms with Gasteiger partial charge in [-0.25, -0.2) is 0 Å². The minimum Gasteiger partial charge on any atom is -0.489 e. The van der Waals surface area contributed by atoms with Crippen LogP contribution in [-0.4, -0.2) is 9.79 Å². The van der Waals surface area contributed by atoms with Crippen LogP contribution in [0.2, 0.25) is 0 Å². The lowest BCUT2D eigenvalue weighted by Crippen LogP contribution is -2.14. The van der Waals surface area contributed by atoms with Crippen molar-refractivity contribution in [3.63, 3.8) is 0 Å². The summed E-state index contributed by atoms with van der Waals surface area (Å²) in [5, 5.41) is 0. The number of halogens is 3. The van der Waals surface area contributed by atoms with E-state index in [0.717, 1.165) is 34.3 Å². The molecule has 0 amide bonds. The van der Waals surface area contributed by atoms with Gasteiger partial charge in [0.2, 0.25) is 0 Å². The first kappa shape index (κ1) is 24.0. The Bertz CT molecular complexity index is 1060. The molecule has 0 aliphatic carbocycles. The largest absolute Gasteiger partial charge is 0.489 e. The molecule has 4 nitrogen and oxygen atoms in total. The summed E-state index contributed by atoms with van der Waals surface area (Å²) in [5.74, 6) is 2.06. The zero-order valence-electron chi connectivity index (χ0n) is 16.2. The molecule has 0 atom stereocenters. The lowest BCUT2D eigenvalue weighted by Gasteiger charge is -2.19. The van der Waals surface area contributed by atoms with Gasteiger partial charge in [0.05, 0.1) is 0 Å². The zero-order valence-corrected chi connectivity index (χ0v) is 19.5. The van der Waals surface area contributed by atoms with Crippen molar-refractivity contribution in [2.24, 2.45) is 0 Å². The average Bonchev–Trinajstić information content (AvgIpc) is 2.73. The van der Waals surface area contributed by atoms with Crippen LogP contribution in [0.25, 0.3) is 0 Å². The van der Waals surface area contributed by atoms with E-state index in [1.807, 2.05) is 54.6 Å². The molecule has 0 aromatic heterocycles. The van der Waals surface area contributed by atoms with Crippen molar-refractivity contribution in [1.29, 1.82) is 0 Å². The van der Waals surface area contributed by atoms with Crippen LogP contribution in [0.3, 0.4) is 0 Å². The van der Waals surface area contributed by atoms with Gasteiger partial charge in [0.25, 0.3) is 0 Å². The molecule has 0 saturated heterocycles. The van der Waals surface area contributed by atoms with E-state index in [-0.39, 0.29) is 4.47 Å². The normalized spacial score (nSPS) is 12.0.